The molecule has 0 atom stereocenters. The molecule has 124 valence electrons. The van der Waals surface area contributed by atoms with Crippen molar-refractivity contribution in [2.24, 2.45) is 0 Å². The summed E-state index contributed by atoms with van der Waals surface area (Å²) in [5, 5.41) is 0.996. The quantitative estimate of drug-likeness (QED) is 0.600. The van der Waals surface area contributed by atoms with Crippen molar-refractivity contribution in [2.75, 3.05) is 6.61 Å². The second kappa shape index (κ2) is 6.97. The molecule has 0 aliphatic heterocycles. The number of halogens is 1. The molecule has 1 heterocycles. The van der Waals surface area contributed by atoms with Crippen LogP contribution in [0.5, 0.6) is 5.75 Å². The Kier molecular flexibility index (Phi) is 4.76. The summed E-state index contributed by atoms with van der Waals surface area (Å²) < 4.78 is 16.5. The molecular weight excluding hydrogens is 328 g/mol. The molecular formula is C19H17ClO4. The van der Waals surface area contributed by atoms with E-state index in [9.17, 15) is 4.79 Å². The van der Waals surface area contributed by atoms with Crippen molar-refractivity contribution in [3.05, 3.63) is 64.4 Å². The fraction of sp³-hybridized carbons (Fsp3) is 0.211. The highest BCUT2D eigenvalue weighted by Gasteiger charge is 2.22. The van der Waals surface area contributed by atoms with Crippen molar-refractivity contribution in [2.45, 2.75) is 20.5 Å². The van der Waals surface area contributed by atoms with Gasteiger partial charge in [0.2, 0.25) is 0 Å². The van der Waals surface area contributed by atoms with Crippen molar-refractivity contribution in [3.8, 4) is 5.75 Å². The number of carbonyl (C=O) groups is 1. The number of hydrogen-bond acceptors (Lipinski definition) is 4. The number of hydrogen-bond donors (Lipinski definition) is 0. The predicted octanol–water partition coefficient (Wildman–Crippen LogP) is 5.15. The normalized spacial score (nSPS) is 10.8. The van der Waals surface area contributed by atoms with E-state index in [2.05, 4.69) is 0 Å². The van der Waals surface area contributed by atoms with Crippen LogP contribution >= 0.6 is 11.6 Å². The van der Waals surface area contributed by atoms with Crippen LogP contribution in [0.4, 0.5) is 0 Å². The first kappa shape index (κ1) is 16.4. The molecule has 0 fully saturated rings. The average molecular weight is 345 g/mol. The molecule has 5 heteroatoms. The third-order valence-corrected chi connectivity index (χ3v) is 3.90. The summed E-state index contributed by atoms with van der Waals surface area (Å²) in [6.07, 6.45) is 0. The molecule has 0 saturated carbocycles. The van der Waals surface area contributed by atoms with E-state index in [4.69, 9.17) is 25.5 Å². The van der Waals surface area contributed by atoms with Crippen LogP contribution in [-0.2, 0) is 11.3 Å². The van der Waals surface area contributed by atoms with Crippen LogP contribution in [0.1, 0.15) is 28.6 Å². The summed E-state index contributed by atoms with van der Waals surface area (Å²) in [4.78, 5) is 12.2. The van der Waals surface area contributed by atoms with Gasteiger partial charge >= 0.3 is 5.97 Å². The molecule has 0 bridgehead atoms. The van der Waals surface area contributed by atoms with Gasteiger partial charge in [0.05, 0.1) is 11.6 Å². The van der Waals surface area contributed by atoms with Gasteiger partial charge < -0.3 is 13.9 Å². The Hall–Kier alpha value is -2.46. The maximum Gasteiger partial charge on any atom is 0.342 e. The molecule has 0 unspecified atom stereocenters. The van der Waals surface area contributed by atoms with Crippen molar-refractivity contribution >= 4 is 28.5 Å². The van der Waals surface area contributed by atoms with E-state index in [0.717, 1.165) is 5.56 Å². The minimum absolute atomic E-state index is 0.295. The zero-order valence-electron chi connectivity index (χ0n) is 13.5. The summed E-state index contributed by atoms with van der Waals surface area (Å²) in [5.74, 6) is 0.623. The van der Waals surface area contributed by atoms with Gasteiger partial charge in [-0.15, -0.1) is 0 Å². The second-order valence-electron chi connectivity index (χ2n) is 5.31. The fourth-order valence-corrected chi connectivity index (χ4v) is 2.78. The van der Waals surface area contributed by atoms with Crippen LogP contribution in [0.3, 0.4) is 0 Å². The van der Waals surface area contributed by atoms with Gasteiger partial charge in [-0.1, -0.05) is 41.9 Å². The Bertz CT molecular complexity index is 868. The third kappa shape index (κ3) is 3.24. The summed E-state index contributed by atoms with van der Waals surface area (Å²) >= 11 is 6.29. The Morgan fingerprint density at radius 3 is 2.67 bits per heavy atom. The van der Waals surface area contributed by atoms with E-state index in [1.54, 1.807) is 26.0 Å². The lowest BCUT2D eigenvalue weighted by atomic mass is 10.1. The Morgan fingerprint density at radius 1 is 1.21 bits per heavy atom. The topological polar surface area (TPSA) is 48.7 Å². The first-order valence-corrected chi connectivity index (χ1v) is 8.04. The van der Waals surface area contributed by atoms with Gasteiger partial charge in [-0.05, 0) is 25.5 Å². The average Bonchev–Trinajstić information content (AvgIpc) is 2.91. The van der Waals surface area contributed by atoms with Gasteiger partial charge in [-0.25, -0.2) is 4.79 Å². The van der Waals surface area contributed by atoms with Gasteiger partial charge in [-0.3, -0.25) is 0 Å². The van der Waals surface area contributed by atoms with Crippen LogP contribution in [0.15, 0.2) is 46.9 Å². The van der Waals surface area contributed by atoms with Crippen molar-refractivity contribution in [3.63, 3.8) is 0 Å². The Balaban J connectivity index is 1.95. The van der Waals surface area contributed by atoms with E-state index in [-0.39, 0.29) is 0 Å². The monoisotopic (exact) mass is 344 g/mol. The molecule has 3 aromatic rings. The van der Waals surface area contributed by atoms with Crippen molar-refractivity contribution in [1.29, 1.82) is 0 Å². The number of carbonyl (C=O) groups excluding carboxylic acids is 1. The molecule has 0 aliphatic rings. The molecule has 24 heavy (non-hydrogen) atoms. The summed E-state index contributed by atoms with van der Waals surface area (Å²) in [7, 11) is 0. The van der Waals surface area contributed by atoms with Gasteiger partial charge in [0, 0.05) is 11.5 Å². The van der Waals surface area contributed by atoms with Gasteiger partial charge in [0.25, 0.3) is 0 Å². The first-order chi connectivity index (χ1) is 11.6. The van der Waals surface area contributed by atoms with Gasteiger partial charge in [-0.2, -0.15) is 0 Å². The molecule has 0 radical (unpaired) electrons. The van der Waals surface area contributed by atoms with Crippen LogP contribution in [-0.4, -0.2) is 12.6 Å². The van der Waals surface area contributed by atoms with E-state index in [0.29, 0.717) is 46.3 Å². The number of aryl methyl sites for hydroxylation is 1. The second-order valence-corrected chi connectivity index (χ2v) is 5.72. The third-order valence-electron chi connectivity index (χ3n) is 3.62. The molecule has 2 aromatic carbocycles. The summed E-state index contributed by atoms with van der Waals surface area (Å²) in [5.41, 5.74) is 1.89. The first-order valence-electron chi connectivity index (χ1n) is 7.66. The highest BCUT2D eigenvalue weighted by atomic mass is 35.5. The SMILES string of the molecule is CCOC(=O)c1c(C)oc2c(Cl)cc(OCc3ccccc3)cc12. The molecule has 4 nitrogen and oxygen atoms in total. The number of esters is 1. The Morgan fingerprint density at radius 2 is 1.96 bits per heavy atom. The smallest absolute Gasteiger partial charge is 0.342 e. The van der Waals surface area contributed by atoms with Crippen LogP contribution in [0, 0.1) is 6.92 Å². The van der Waals surface area contributed by atoms with E-state index in [1.165, 1.54) is 0 Å². The molecule has 0 N–H and O–H groups in total. The van der Waals surface area contributed by atoms with Crippen molar-refractivity contribution < 1.29 is 18.7 Å². The highest BCUT2D eigenvalue weighted by Crippen LogP contribution is 2.35. The molecule has 0 aliphatic carbocycles. The largest absolute Gasteiger partial charge is 0.489 e. The standard InChI is InChI=1S/C19H17ClO4/c1-3-22-19(21)17-12(2)24-18-15(17)9-14(10-16(18)20)23-11-13-7-5-4-6-8-13/h4-10H,3,11H2,1-2H3. The van der Waals surface area contributed by atoms with Crippen molar-refractivity contribution in [1.82, 2.24) is 0 Å². The highest BCUT2D eigenvalue weighted by molar-refractivity contribution is 6.35. The lowest BCUT2D eigenvalue weighted by Gasteiger charge is -2.07. The summed E-state index contributed by atoms with van der Waals surface area (Å²) in [6.45, 7) is 4.18. The number of rotatable bonds is 5. The Labute approximate surface area is 144 Å². The zero-order valence-corrected chi connectivity index (χ0v) is 14.2. The number of fused-ring (bicyclic) bond motifs is 1. The lowest BCUT2D eigenvalue weighted by Crippen LogP contribution is -2.05. The van der Waals surface area contributed by atoms with E-state index < -0.39 is 5.97 Å². The van der Waals surface area contributed by atoms with Gasteiger partial charge in [0.1, 0.15) is 23.7 Å². The van der Waals surface area contributed by atoms with Crippen LogP contribution < -0.4 is 4.74 Å². The lowest BCUT2D eigenvalue weighted by molar-refractivity contribution is 0.0526. The van der Waals surface area contributed by atoms with Gasteiger partial charge in [0.15, 0.2) is 5.58 Å². The number of ether oxygens (including phenoxy) is 2. The molecule has 0 saturated heterocycles. The molecule has 0 amide bonds. The summed E-state index contributed by atoms with van der Waals surface area (Å²) in [6, 6.07) is 13.3. The molecule has 1 aromatic heterocycles. The maximum absolute atomic E-state index is 12.2. The maximum atomic E-state index is 12.2. The molecule has 3 rings (SSSR count). The zero-order chi connectivity index (χ0) is 17.1. The van der Waals surface area contributed by atoms with E-state index >= 15 is 0 Å². The fourth-order valence-electron chi connectivity index (χ4n) is 2.53. The number of furan rings is 1. The predicted molar refractivity (Wildman–Crippen MR) is 92.7 cm³/mol. The number of benzene rings is 2. The van der Waals surface area contributed by atoms with Crippen LogP contribution in [0.2, 0.25) is 5.02 Å². The van der Waals surface area contributed by atoms with E-state index in [1.807, 2.05) is 30.3 Å². The van der Waals surface area contributed by atoms with Crippen LogP contribution in [0.25, 0.3) is 11.0 Å². The molecule has 0 spiro atoms. The minimum atomic E-state index is -0.426. The minimum Gasteiger partial charge on any atom is -0.489 e.